The molecule has 0 unspecified atom stereocenters. The van der Waals surface area contributed by atoms with E-state index in [-0.39, 0.29) is 0 Å². The van der Waals surface area contributed by atoms with Gasteiger partial charge >= 0.3 is 0 Å². The zero-order valence-corrected chi connectivity index (χ0v) is 15.0. The summed E-state index contributed by atoms with van der Waals surface area (Å²) in [6.07, 6.45) is 0. The van der Waals surface area contributed by atoms with E-state index in [1.165, 1.54) is 20.5 Å². The maximum atomic E-state index is 6.02. The molecule has 1 heterocycles. The quantitative estimate of drug-likeness (QED) is 0.690. The number of thiazole rings is 1. The van der Waals surface area contributed by atoms with Crippen LogP contribution in [0.1, 0.15) is 42.3 Å². The molecular formula is C16H21ClN2S2. The van der Waals surface area contributed by atoms with E-state index in [9.17, 15) is 0 Å². The molecular weight excluding hydrogens is 320 g/mol. The fraction of sp³-hybridized carbons (Fsp3) is 0.438. The van der Waals surface area contributed by atoms with Crippen molar-refractivity contribution in [3.05, 3.63) is 44.9 Å². The van der Waals surface area contributed by atoms with Crippen molar-refractivity contribution in [3.63, 3.8) is 0 Å². The Balaban J connectivity index is 2.06. The van der Waals surface area contributed by atoms with Gasteiger partial charge in [0.05, 0.1) is 11.4 Å². The van der Waals surface area contributed by atoms with E-state index < -0.39 is 0 Å². The summed E-state index contributed by atoms with van der Waals surface area (Å²) < 4.78 is 0. The summed E-state index contributed by atoms with van der Waals surface area (Å²) >= 11 is 9.63. The van der Waals surface area contributed by atoms with Crippen molar-refractivity contribution < 1.29 is 0 Å². The van der Waals surface area contributed by atoms with Crippen LogP contribution in [-0.4, -0.2) is 11.5 Å². The number of thioether (sulfide) groups is 1. The lowest BCUT2D eigenvalue weighted by Gasteiger charge is -2.04. The highest BCUT2D eigenvalue weighted by atomic mass is 35.5. The molecule has 1 aromatic heterocycles. The summed E-state index contributed by atoms with van der Waals surface area (Å²) in [7, 11) is 0. The van der Waals surface area contributed by atoms with Gasteiger partial charge in [0, 0.05) is 21.3 Å². The minimum absolute atomic E-state index is 0.472. The normalized spacial score (nSPS) is 11.3. The van der Waals surface area contributed by atoms with Gasteiger partial charge in [-0.3, -0.25) is 0 Å². The third-order valence-corrected chi connectivity index (χ3v) is 5.51. The first kappa shape index (κ1) is 16.8. The number of halogens is 1. The van der Waals surface area contributed by atoms with Gasteiger partial charge in [-0.1, -0.05) is 38.4 Å². The number of hydrogen-bond acceptors (Lipinski definition) is 4. The molecule has 0 spiro atoms. The largest absolute Gasteiger partial charge is 0.312 e. The van der Waals surface area contributed by atoms with E-state index in [0.717, 1.165) is 23.9 Å². The molecule has 0 bridgehead atoms. The molecule has 5 heteroatoms. The molecule has 0 radical (unpaired) electrons. The lowest BCUT2D eigenvalue weighted by atomic mass is 10.1. The Morgan fingerprint density at radius 3 is 2.86 bits per heavy atom. The number of benzene rings is 1. The minimum Gasteiger partial charge on any atom is -0.312 e. The molecule has 2 rings (SSSR count). The summed E-state index contributed by atoms with van der Waals surface area (Å²) in [5.41, 5.74) is 1.24. The Morgan fingerprint density at radius 1 is 1.38 bits per heavy atom. The van der Waals surface area contributed by atoms with Gasteiger partial charge in [0.1, 0.15) is 5.01 Å². The predicted octanol–water partition coefficient (Wildman–Crippen LogP) is 5.32. The third kappa shape index (κ3) is 4.99. The highest BCUT2D eigenvalue weighted by molar-refractivity contribution is 7.98. The Bertz CT molecular complexity index is 581. The van der Waals surface area contributed by atoms with Crippen LogP contribution in [0.15, 0.2) is 29.2 Å². The Labute approximate surface area is 140 Å². The highest BCUT2D eigenvalue weighted by Gasteiger charge is 2.14. The number of aromatic nitrogens is 1. The SMILES string of the molecule is CCNCc1sc(CSc2cccc(Cl)c2)nc1C(C)C. The molecule has 0 saturated carbocycles. The van der Waals surface area contributed by atoms with Gasteiger partial charge in [-0.2, -0.15) is 0 Å². The van der Waals surface area contributed by atoms with Crippen LogP contribution in [0.25, 0.3) is 0 Å². The van der Waals surface area contributed by atoms with Gasteiger partial charge in [0.2, 0.25) is 0 Å². The molecule has 2 nitrogen and oxygen atoms in total. The van der Waals surface area contributed by atoms with E-state index in [1.807, 2.05) is 29.5 Å². The Kier molecular flexibility index (Phi) is 6.55. The van der Waals surface area contributed by atoms with Crippen LogP contribution in [-0.2, 0) is 12.3 Å². The number of hydrogen-bond donors (Lipinski definition) is 1. The second kappa shape index (κ2) is 8.18. The van der Waals surface area contributed by atoms with Crippen LogP contribution in [0.5, 0.6) is 0 Å². The fourth-order valence-electron chi connectivity index (χ4n) is 1.99. The number of nitrogens with one attached hydrogen (secondary N) is 1. The van der Waals surface area contributed by atoms with Gasteiger partial charge in [-0.25, -0.2) is 4.98 Å². The Morgan fingerprint density at radius 2 is 2.19 bits per heavy atom. The lowest BCUT2D eigenvalue weighted by molar-refractivity contribution is 0.713. The molecule has 0 saturated heterocycles. The van der Waals surface area contributed by atoms with Gasteiger partial charge < -0.3 is 5.32 Å². The zero-order chi connectivity index (χ0) is 15.2. The van der Waals surface area contributed by atoms with Crippen LogP contribution in [0.3, 0.4) is 0 Å². The average Bonchev–Trinajstić information content (AvgIpc) is 2.86. The minimum atomic E-state index is 0.472. The van der Waals surface area contributed by atoms with Gasteiger partial charge in [0.15, 0.2) is 0 Å². The molecule has 0 aliphatic rings. The standard InChI is InChI=1S/C16H21ClN2S2/c1-4-18-9-14-16(11(2)3)19-15(21-14)10-20-13-7-5-6-12(17)8-13/h5-8,11,18H,4,9-10H2,1-3H3. The van der Waals surface area contributed by atoms with Crippen molar-refractivity contribution in [1.82, 2.24) is 10.3 Å². The van der Waals surface area contributed by atoms with E-state index in [4.69, 9.17) is 16.6 Å². The maximum Gasteiger partial charge on any atom is 0.103 e. The topological polar surface area (TPSA) is 24.9 Å². The summed E-state index contributed by atoms with van der Waals surface area (Å²) in [4.78, 5) is 7.39. The van der Waals surface area contributed by atoms with Gasteiger partial charge in [0.25, 0.3) is 0 Å². The van der Waals surface area contributed by atoms with Crippen molar-refractivity contribution in [1.29, 1.82) is 0 Å². The molecule has 0 fully saturated rings. The smallest absolute Gasteiger partial charge is 0.103 e. The van der Waals surface area contributed by atoms with E-state index in [1.54, 1.807) is 11.8 Å². The summed E-state index contributed by atoms with van der Waals surface area (Å²) in [6, 6.07) is 7.98. The van der Waals surface area contributed by atoms with Gasteiger partial charge in [-0.05, 0) is 30.7 Å². The van der Waals surface area contributed by atoms with Crippen molar-refractivity contribution >= 4 is 34.7 Å². The van der Waals surface area contributed by atoms with Crippen LogP contribution in [0.2, 0.25) is 5.02 Å². The molecule has 1 aromatic carbocycles. The first-order valence-electron chi connectivity index (χ1n) is 7.17. The molecule has 0 aliphatic heterocycles. The van der Waals surface area contributed by atoms with Crippen molar-refractivity contribution in [2.75, 3.05) is 6.54 Å². The molecule has 114 valence electrons. The molecule has 2 aromatic rings. The van der Waals surface area contributed by atoms with Crippen LogP contribution >= 0.6 is 34.7 Å². The predicted molar refractivity (Wildman–Crippen MR) is 94.6 cm³/mol. The average molecular weight is 341 g/mol. The first-order valence-corrected chi connectivity index (χ1v) is 9.35. The van der Waals surface area contributed by atoms with Gasteiger partial charge in [-0.15, -0.1) is 23.1 Å². The second-order valence-corrected chi connectivity index (χ2v) is 7.75. The maximum absolute atomic E-state index is 6.02. The molecule has 0 aliphatic carbocycles. The van der Waals surface area contributed by atoms with E-state index >= 15 is 0 Å². The fourth-order valence-corrected chi connectivity index (χ4v) is 4.39. The van der Waals surface area contributed by atoms with E-state index in [0.29, 0.717) is 5.92 Å². The van der Waals surface area contributed by atoms with Crippen LogP contribution in [0, 0.1) is 0 Å². The van der Waals surface area contributed by atoms with Crippen molar-refractivity contribution in [3.8, 4) is 0 Å². The highest BCUT2D eigenvalue weighted by Crippen LogP contribution is 2.30. The lowest BCUT2D eigenvalue weighted by Crippen LogP contribution is -2.12. The van der Waals surface area contributed by atoms with E-state index in [2.05, 4.69) is 32.2 Å². The summed E-state index contributed by atoms with van der Waals surface area (Å²) in [5.74, 6) is 1.37. The van der Waals surface area contributed by atoms with Crippen LogP contribution < -0.4 is 5.32 Å². The second-order valence-electron chi connectivity index (χ2n) is 5.10. The number of rotatable bonds is 7. The molecule has 0 amide bonds. The number of nitrogens with zero attached hydrogens (tertiary/aromatic N) is 1. The molecule has 1 N–H and O–H groups in total. The van der Waals surface area contributed by atoms with Crippen molar-refractivity contribution in [2.24, 2.45) is 0 Å². The third-order valence-electron chi connectivity index (χ3n) is 3.01. The van der Waals surface area contributed by atoms with Crippen LogP contribution in [0.4, 0.5) is 0 Å². The monoisotopic (exact) mass is 340 g/mol. The summed E-state index contributed by atoms with van der Waals surface area (Å²) in [6.45, 7) is 8.45. The molecule has 21 heavy (non-hydrogen) atoms. The zero-order valence-electron chi connectivity index (χ0n) is 12.6. The van der Waals surface area contributed by atoms with Crippen molar-refractivity contribution in [2.45, 2.75) is 43.9 Å². The summed E-state index contributed by atoms with van der Waals surface area (Å²) in [5, 5.41) is 5.38. The first-order chi connectivity index (χ1) is 10.1. The molecule has 0 atom stereocenters. The Hall–Kier alpha value is -0.550.